The molecule has 0 spiro atoms. The number of amides is 1. The molecule has 6 heteroatoms. The molecule has 0 aliphatic carbocycles. The van der Waals surface area contributed by atoms with Gasteiger partial charge in [0.05, 0.1) is 6.04 Å². The summed E-state index contributed by atoms with van der Waals surface area (Å²) < 4.78 is 0. The molecule has 1 atom stereocenters. The monoisotopic (exact) mass is 352 g/mol. The highest BCUT2D eigenvalue weighted by Crippen LogP contribution is 2.24. The molecule has 0 aliphatic heterocycles. The SMILES string of the molecule is CNc1nc(C(=O)NC(c2cccnc2)c2ccc(C)c(C)c2)cs1. The van der Waals surface area contributed by atoms with Crippen molar-refractivity contribution in [1.82, 2.24) is 15.3 Å². The normalized spacial score (nSPS) is 11.8. The minimum atomic E-state index is -0.278. The lowest BCUT2D eigenvalue weighted by molar-refractivity contribution is 0.0938. The fourth-order valence-corrected chi connectivity index (χ4v) is 3.20. The lowest BCUT2D eigenvalue weighted by Gasteiger charge is -2.20. The van der Waals surface area contributed by atoms with Gasteiger partial charge in [0.1, 0.15) is 5.69 Å². The molecule has 0 saturated heterocycles. The standard InChI is InChI=1S/C19H20N4OS/c1-12-6-7-14(9-13(12)2)17(15-5-4-8-21-10-15)23-18(24)16-11-25-19(20-3)22-16/h4-11,17H,1-3H3,(H,20,22)(H,23,24). The Bertz CT molecular complexity index is 876. The Labute approximate surface area is 151 Å². The van der Waals surface area contributed by atoms with Crippen LogP contribution < -0.4 is 10.6 Å². The van der Waals surface area contributed by atoms with Crippen molar-refractivity contribution >= 4 is 22.4 Å². The Morgan fingerprint density at radius 1 is 1.16 bits per heavy atom. The molecule has 1 amide bonds. The van der Waals surface area contributed by atoms with Gasteiger partial charge >= 0.3 is 0 Å². The van der Waals surface area contributed by atoms with Crippen molar-refractivity contribution in [2.45, 2.75) is 19.9 Å². The van der Waals surface area contributed by atoms with E-state index in [-0.39, 0.29) is 11.9 Å². The molecule has 2 heterocycles. The third kappa shape index (κ3) is 3.85. The minimum Gasteiger partial charge on any atom is -0.365 e. The molecule has 1 unspecified atom stereocenters. The van der Waals surface area contributed by atoms with Gasteiger partial charge in [-0.15, -0.1) is 11.3 Å². The van der Waals surface area contributed by atoms with Gasteiger partial charge in [-0.2, -0.15) is 0 Å². The van der Waals surface area contributed by atoms with Crippen LogP contribution in [0.25, 0.3) is 0 Å². The summed E-state index contributed by atoms with van der Waals surface area (Å²) in [6.45, 7) is 4.14. The molecule has 0 saturated carbocycles. The van der Waals surface area contributed by atoms with E-state index in [0.29, 0.717) is 10.8 Å². The number of nitrogens with zero attached hydrogens (tertiary/aromatic N) is 2. The second-order valence-electron chi connectivity index (χ2n) is 5.82. The summed E-state index contributed by atoms with van der Waals surface area (Å²) in [6.07, 6.45) is 3.50. The van der Waals surface area contributed by atoms with E-state index in [1.807, 2.05) is 18.2 Å². The van der Waals surface area contributed by atoms with Crippen LogP contribution >= 0.6 is 11.3 Å². The Hall–Kier alpha value is -2.73. The molecule has 2 aromatic heterocycles. The van der Waals surface area contributed by atoms with Crippen molar-refractivity contribution in [2.24, 2.45) is 0 Å². The number of benzene rings is 1. The molecular formula is C19H20N4OS. The van der Waals surface area contributed by atoms with Crippen molar-refractivity contribution in [1.29, 1.82) is 0 Å². The zero-order valence-electron chi connectivity index (χ0n) is 14.4. The van der Waals surface area contributed by atoms with Gasteiger partial charge in [0.15, 0.2) is 5.13 Å². The summed E-state index contributed by atoms with van der Waals surface area (Å²) in [7, 11) is 1.79. The van der Waals surface area contributed by atoms with Gasteiger partial charge in [-0.25, -0.2) is 4.98 Å². The van der Waals surface area contributed by atoms with Crippen molar-refractivity contribution in [3.05, 3.63) is 76.1 Å². The van der Waals surface area contributed by atoms with Gasteiger partial charge in [0.25, 0.3) is 5.91 Å². The molecule has 0 bridgehead atoms. The highest BCUT2D eigenvalue weighted by molar-refractivity contribution is 7.13. The maximum Gasteiger partial charge on any atom is 0.271 e. The zero-order valence-corrected chi connectivity index (χ0v) is 15.2. The second-order valence-corrected chi connectivity index (χ2v) is 6.68. The van der Waals surface area contributed by atoms with Gasteiger partial charge in [0, 0.05) is 24.8 Å². The van der Waals surface area contributed by atoms with Gasteiger partial charge in [0.2, 0.25) is 0 Å². The quantitative estimate of drug-likeness (QED) is 0.734. The molecule has 25 heavy (non-hydrogen) atoms. The third-order valence-corrected chi connectivity index (χ3v) is 4.97. The Balaban J connectivity index is 1.93. The number of pyridine rings is 1. The number of hydrogen-bond donors (Lipinski definition) is 2. The molecule has 0 fully saturated rings. The van der Waals surface area contributed by atoms with Gasteiger partial charge in [-0.3, -0.25) is 9.78 Å². The fourth-order valence-electron chi connectivity index (χ4n) is 2.55. The number of carbonyl (C=O) groups excluding carboxylic acids is 1. The molecule has 1 aromatic carbocycles. The number of anilines is 1. The van der Waals surface area contributed by atoms with Crippen LogP contribution in [0.5, 0.6) is 0 Å². The molecular weight excluding hydrogens is 332 g/mol. The van der Waals surface area contributed by atoms with E-state index in [4.69, 9.17) is 0 Å². The van der Waals surface area contributed by atoms with Crippen LogP contribution in [0.3, 0.4) is 0 Å². The topological polar surface area (TPSA) is 66.9 Å². The summed E-state index contributed by atoms with van der Waals surface area (Å²) in [6, 6.07) is 9.78. The number of thiazole rings is 1. The lowest BCUT2D eigenvalue weighted by Crippen LogP contribution is -2.29. The predicted molar refractivity (Wildman–Crippen MR) is 101 cm³/mol. The largest absolute Gasteiger partial charge is 0.365 e. The Morgan fingerprint density at radius 2 is 2.00 bits per heavy atom. The predicted octanol–water partition coefficient (Wildman–Crippen LogP) is 3.72. The fraction of sp³-hybridized carbons (Fsp3) is 0.211. The first kappa shape index (κ1) is 17.1. The van der Waals surface area contributed by atoms with Crippen LogP contribution in [-0.4, -0.2) is 22.9 Å². The van der Waals surface area contributed by atoms with Crippen molar-refractivity contribution in [2.75, 3.05) is 12.4 Å². The second kappa shape index (κ2) is 7.44. The molecule has 0 radical (unpaired) electrons. The first-order valence-electron chi connectivity index (χ1n) is 7.99. The summed E-state index contributed by atoms with van der Waals surface area (Å²) in [5.41, 5.74) is 4.77. The van der Waals surface area contributed by atoms with E-state index in [9.17, 15) is 4.79 Å². The third-order valence-electron chi connectivity index (χ3n) is 4.11. The summed E-state index contributed by atoms with van der Waals surface area (Å²) in [4.78, 5) is 21.1. The van der Waals surface area contributed by atoms with Gasteiger partial charge < -0.3 is 10.6 Å². The van der Waals surface area contributed by atoms with Crippen molar-refractivity contribution in [3.8, 4) is 0 Å². The van der Waals surface area contributed by atoms with E-state index in [1.54, 1.807) is 24.8 Å². The number of aryl methyl sites for hydroxylation is 2. The van der Waals surface area contributed by atoms with Crippen molar-refractivity contribution in [3.63, 3.8) is 0 Å². The highest BCUT2D eigenvalue weighted by Gasteiger charge is 2.20. The van der Waals surface area contributed by atoms with Crippen LogP contribution in [0.15, 0.2) is 48.1 Å². The average Bonchev–Trinajstić information content (AvgIpc) is 3.12. The maximum atomic E-state index is 12.7. The van der Waals surface area contributed by atoms with Crippen LogP contribution in [0, 0.1) is 13.8 Å². The minimum absolute atomic E-state index is 0.204. The average molecular weight is 352 g/mol. The molecule has 128 valence electrons. The number of hydrogen-bond acceptors (Lipinski definition) is 5. The molecule has 3 rings (SSSR count). The smallest absolute Gasteiger partial charge is 0.271 e. The number of rotatable bonds is 5. The number of nitrogens with one attached hydrogen (secondary N) is 2. The van der Waals surface area contributed by atoms with E-state index >= 15 is 0 Å². The van der Waals surface area contributed by atoms with E-state index in [2.05, 4.69) is 46.6 Å². The molecule has 2 N–H and O–H groups in total. The number of aromatic nitrogens is 2. The zero-order chi connectivity index (χ0) is 17.8. The Kier molecular flexibility index (Phi) is 5.09. The molecule has 5 nitrogen and oxygen atoms in total. The summed E-state index contributed by atoms with van der Waals surface area (Å²) in [5.74, 6) is -0.204. The van der Waals surface area contributed by atoms with Crippen LogP contribution in [0.2, 0.25) is 0 Å². The first-order valence-corrected chi connectivity index (χ1v) is 8.87. The summed E-state index contributed by atoms with van der Waals surface area (Å²) in [5, 5.41) is 8.51. The van der Waals surface area contributed by atoms with Crippen LogP contribution in [-0.2, 0) is 0 Å². The number of carbonyl (C=O) groups is 1. The van der Waals surface area contributed by atoms with Gasteiger partial charge in [-0.05, 0) is 42.2 Å². The van der Waals surface area contributed by atoms with E-state index < -0.39 is 0 Å². The molecule has 3 aromatic rings. The highest BCUT2D eigenvalue weighted by atomic mass is 32.1. The van der Waals surface area contributed by atoms with E-state index in [0.717, 1.165) is 11.1 Å². The van der Waals surface area contributed by atoms with E-state index in [1.165, 1.54) is 22.5 Å². The lowest BCUT2D eigenvalue weighted by atomic mass is 9.96. The van der Waals surface area contributed by atoms with Crippen LogP contribution in [0.4, 0.5) is 5.13 Å². The first-order chi connectivity index (χ1) is 12.1. The Morgan fingerprint density at radius 3 is 2.64 bits per heavy atom. The maximum absolute atomic E-state index is 12.7. The summed E-state index contributed by atoms with van der Waals surface area (Å²) >= 11 is 1.41. The van der Waals surface area contributed by atoms with Crippen LogP contribution in [0.1, 0.15) is 38.8 Å². The molecule has 0 aliphatic rings. The van der Waals surface area contributed by atoms with Gasteiger partial charge in [-0.1, -0.05) is 24.3 Å². The van der Waals surface area contributed by atoms with Crippen molar-refractivity contribution < 1.29 is 4.79 Å².